The monoisotopic (exact) mass is 571 g/mol. The molecule has 0 bridgehead atoms. The number of aromatic nitrogens is 2. The minimum atomic E-state index is -0.330. The van der Waals surface area contributed by atoms with Crippen molar-refractivity contribution in [2.75, 3.05) is 0 Å². The summed E-state index contributed by atoms with van der Waals surface area (Å²) < 4.78 is 22.1. The number of furan rings is 1. The van der Waals surface area contributed by atoms with Crippen LogP contribution in [0.25, 0.3) is 22.2 Å². The zero-order valence-corrected chi connectivity index (χ0v) is 20.8. The minimum absolute atomic E-state index is 0.193. The fourth-order valence-electron chi connectivity index (χ4n) is 4.27. The zero-order chi connectivity index (χ0) is 22.9. The van der Waals surface area contributed by atoms with Crippen LogP contribution in [0.1, 0.15) is 49.6 Å². The molecule has 1 aliphatic rings. The summed E-state index contributed by atoms with van der Waals surface area (Å²) in [5.74, 6) is 1.61. The van der Waals surface area contributed by atoms with Crippen molar-refractivity contribution in [3.05, 3.63) is 85.2 Å². The van der Waals surface area contributed by atoms with Gasteiger partial charge in [-0.2, -0.15) is 9.78 Å². The van der Waals surface area contributed by atoms with Crippen LogP contribution in [0.3, 0.4) is 0 Å². The van der Waals surface area contributed by atoms with Gasteiger partial charge in [0.05, 0.1) is 17.1 Å². The van der Waals surface area contributed by atoms with E-state index in [0.29, 0.717) is 32.7 Å². The Balaban J connectivity index is 1.56. The van der Waals surface area contributed by atoms with Crippen molar-refractivity contribution in [3.8, 4) is 11.3 Å². The van der Waals surface area contributed by atoms with E-state index in [-0.39, 0.29) is 17.3 Å². The third-order valence-corrected chi connectivity index (χ3v) is 7.08. The topological polar surface area (TPSA) is 60.4 Å². The van der Waals surface area contributed by atoms with Crippen molar-refractivity contribution in [3.63, 3.8) is 0 Å². The van der Waals surface area contributed by atoms with Gasteiger partial charge in [-0.05, 0) is 77.3 Å². The van der Waals surface area contributed by atoms with Crippen LogP contribution in [0.4, 0.5) is 4.39 Å². The molecule has 0 aliphatic heterocycles. The number of fused-ring (bicyclic) bond motifs is 1. The molecule has 0 atom stereocenters. The first kappa shape index (κ1) is 22.2. The quantitative estimate of drug-likeness (QED) is 0.242. The van der Waals surface area contributed by atoms with Crippen molar-refractivity contribution in [2.24, 2.45) is 5.10 Å². The molecule has 5 rings (SSSR count). The molecule has 2 aromatic heterocycles. The van der Waals surface area contributed by atoms with Crippen LogP contribution < -0.4 is 5.56 Å². The average Bonchev–Trinajstić information content (AvgIpc) is 3.28. The van der Waals surface area contributed by atoms with Crippen LogP contribution in [0, 0.1) is 5.82 Å². The van der Waals surface area contributed by atoms with Crippen molar-refractivity contribution in [2.45, 2.75) is 38.0 Å². The van der Waals surface area contributed by atoms with Crippen molar-refractivity contribution in [1.29, 1.82) is 0 Å². The molecule has 33 heavy (non-hydrogen) atoms. The van der Waals surface area contributed by atoms with E-state index in [9.17, 15) is 9.18 Å². The van der Waals surface area contributed by atoms with E-state index in [4.69, 9.17) is 9.40 Å². The standard InChI is InChI=1S/C25H20Br2FN3O2/c26-16-6-10-22-20(12-16)25(32)31(24(30-22)15-4-2-1-3-5-15)29-14-18-8-11-23(33-18)19-9-7-17(28)13-21(19)27/h6-15H,1-5H2. The van der Waals surface area contributed by atoms with E-state index in [1.807, 2.05) is 12.1 Å². The van der Waals surface area contributed by atoms with E-state index in [2.05, 4.69) is 37.0 Å². The minimum Gasteiger partial charge on any atom is -0.455 e. The van der Waals surface area contributed by atoms with Gasteiger partial charge in [-0.1, -0.05) is 35.2 Å². The van der Waals surface area contributed by atoms with Crippen LogP contribution in [0.15, 0.2) is 71.8 Å². The Bertz CT molecular complexity index is 1420. The highest BCUT2D eigenvalue weighted by Gasteiger charge is 2.22. The fourth-order valence-corrected chi connectivity index (χ4v) is 5.18. The third kappa shape index (κ3) is 4.59. The molecule has 0 N–H and O–H groups in total. The first-order chi connectivity index (χ1) is 16.0. The molecule has 0 radical (unpaired) electrons. The number of benzene rings is 2. The second-order valence-corrected chi connectivity index (χ2v) is 9.92. The molecule has 0 spiro atoms. The summed E-state index contributed by atoms with van der Waals surface area (Å²) in [6.07, 6.45) is 6.97. The Morgan fingerprint density at radius 1 is 1.06 bits per heavy atom. The largest absolute Gasteiger partial charge is 0.455 e. The Morgan fingerprint density at radius 3 is 2.67 bits per heavy atom. The highest BCUT2D eigenvalue weighted by atomic mass is 79.9. The molecule has 1 saturated carbocycles. The summed E-state index contributed by atoms with van der Waals surface area (Å²) >= 11 is 6.81. The van der Waals surface area contributed by atoms with Gasteiger partial charge in [0.25, 0.3) is 5.56 Å². The molecule has 1 fully saturated rings. The predicted molar refractivity (Wildman–Crippen MR) is 134 cm³/mol. The van der Waals surface area contributed by atoms with Gasteiger partial charge in [0, 0.05) is 20.4 Å². The lowest BCUT2D eigenvalue weighted by atomic mass is 9.88. The Labute approximate surface area is 206 Å². The molecule has 8 heteroatoms. The summed E-state index contributed by atoms with van der Waals surface area (Å²) in [5.41, 5.74) is 1.20. The molecule has 2 aromatic carbocycles. The molecule has 0 saturated heterocycles. The number of hydrogen-bond donors (Lipinski definition) is 0. The molecular weight excluding hydrogens is 553 g/mol. The molecule has 0 unspecified atom stereocenters. The third-order valence-electron chi connectivity index (χ3n) is 5.93. The highest BCUT2D eigenvalue weighted by Crippen LogP contribution is 2.32. The fraction of sp³-hybridized carbons (Fsp3) is 0.240. The molecule has 5 nitrogen and oxygen atoms in total. The second kappa shape index (κ2) is 9.35. The number of rotatable bonds is 4. The highest BCUT2D eigenvalue weighted by molar-refractivity contribution is 9.10. The van der Waals surface area contributed by atoms with Gasteiger partial charge in [0.15, 0.2) is 0 Å². The summed E-state index contributed by atoms with van der Waals surface area (Å²) in [6, 6.07) is 13.5. The lowest BCUT2D eigenvalue weighted by molar-refractivity contribution is 0.416. The Hall–Kier alpha value is -2.58. The smallest absolute Gasteiger partial charge is 0.282 e. The molecular formula is C25H20Br2FN3O2. The van der Waals surface area contributed by atoms with Crippen LogP contribution in [-0.2, 0) is 0 Å². The lowest BCUT2D eigenvalue weighted by Crippen LogP contribution is -2.25. The Kier molecular flexibility index (Phi) is 6.29. The van der Waals surface area contributed by atoms with Crippen LogP contribution in [-0.4, -0.2) is 15.9 Å². The van der Waals surface area contributed by atoms with E-state index in [1.54, 1.807) is 24.3 Å². The number of nitrogens with zero attached hydrogens (tertiary/aromatic N) is 3. The second-order valence-electron chi connectivity index (χ2n) is 8.15. The van der Waals surface area contributed by atoms with Gasteiger partial charge in [-0.15, -0.1) is 0 Å². The first-order valence-corrected chi connectivity index (χ1v) is 12.4. The van der Waals surface area contributed by atoms with Gasteiger partial charge in [0.2, 0.25) is 0 Å². The number of hydrogen-bond acceptors (Lipinski definition) is 4. The van der Waals surface area contributed by atoms with E-state index < -0.39 is 0 Å². The van der Waals surface area contributed by atoms with Crippen LogP contribution >= 0.6 is 31.9 Å². The van der Waals surface area contributed by atoms with Crippen molar-refractivity contribution < 1.29 is 8.81 Å². The average molecular weight is 573 g/mol. The normalized spacial score (nSPS) is 15.0. The van der Waals surface area contributed by atoms with Gasteiger partial charge in [-0.3, -0.25) is 4.79 Å². The maximum atomic E-state index is 13.4. The molecule has 4 aromatic rings. The van der Waals surface area contributed by atoms with Gasteiger partial charge in [-0.25, -0.2) is 9.37 Å². The van der Waals surface area contributed by atoms with Crippen molar-refractivity contribution >= 4 is 49.0 Å². The summed E-state index contributed by atoms with van der Waals surface area (Å²) in [7, 11) is 0. The Morgan fingerprint density at radius 2 is 1.88 bits per heavy atom. The van der Waals surface area contributed by atoms with E-state index in [0.717, 1.165) is 35.7 Å². The van der Waals surface area contributed by atoms with E-state index in [1.165, 1.54) is 29.4 Å². The van der Waals surface area contributed by atoms with Gasteiger partial charge >= 0.3 is 0 Å². The van der Waals surface area contributed by atoms with Crippen molar-refractivity contribution in [1.82, 2.24) is 9.66 Å². The maximum Gasteiger partial charge on any atom is 0.282 e. The molecule has 2 heterocycles. The molecule has 1 aliphatic carbocycles. The van der Waals surface area contributed by atoms with E-state index >= 15 is 0 Å². The molecule has 0 amide bonds. The maximum absolute atomic E-state index is 13.4. The number of halogens is 3. The summed E-state index contributed by atoms with van der Waals surface area (Å²) in [6.45, 7) is 0. The lowest BCUT2D eigenvalue weighted by Gasteiger charge is -2.22. The summed E-state index contributed by atoms with van der Waals surface area (Å²) in [5, 5.41) is 5.02. The van der Waals surface area contributed by atoms with Crippen LogP contribution in [0.5, 0.6) is 0 Å². The summed E-state index contributed by atoms with van der Waals surface area (Å²) in [4.78, 5) is 18.2. The predicted octanol–water partition coefficient (Wildman–Crippen LogP) is 7.25. The first-order valence-electron chi connectivity index (χ1n) is 10.8. The molecule has 168 valence electrons. The SMILES string of the molecule is O=c1c2cc(Br)ccc2nc(C2CCCCC2)n1N=Cc1ccc(-c2ccc(F)cc2Br)o1. The van der Waals surface area contributed by atoms with Gasteiger partial charge < -0.3 is 4.42 Å². The zero-order valence-electron chi connectivity index (χ0n) is 17.6. The van der Waals surface area contributed by atoms with Gasteiger partial charge in [0.1, 0.15) is 23.2 Å². The van der Waals surface area contributed by atoms with Crippen LogP contribution in [0.2, 0.25) is 0 Å².